The van der Waals surface area contributed by atoms with Gasteiger partial charge in [0.2, 0.25) is 0 Å². The van der Waals surface area contributed by atoms with Crippen molar-refractivity contribution in [1.29, 1.82) is 0 Å². The quantitative estimate of drug-likeness (QED) is 0.474. The summed E-state index contributed by atoms with van der Waals surface area (Å²) < 4.78 is 0. The second-order valence-electron chi connectivity index (χ2n) is 5.66. The zero-order chi connectivity index (χ0) is 18.4. The van der Waals surface area contributed by atoms with E-state index in [-0.39, 0.29) is 24.2 Å². The number of nitrogens with two attached hydrogens (primary N) is 2. The van der Waals surface area contributed by atoms with E-state index in [0.717, 1.165) is 5.56 Å². The molecule has 7 nitrogen and oxygen atoms in total. The van der Waals surface area contributed by atoms with Crippen LogP contribution in [0, 0.1) is 0 Å². The number of aliphatic imine (C=N–C) groups is 1. The fourth-order valence-corrected chi connectivity index (χ4v) is 2.34. The predicted molar refractivity (Wildman–Crippen MR) is 97.0 cm³/mol. The number of guanidine groups is 1. The molecule has 130 valence electrons. The monoisotopic (exact) mass is 340 g/mol. The van der Waals surface area contributed by atoms with Crippen molar-refractivity contribution in [2.45, 2.75) is 19.3 Å². The number of hydrogen-bond donors (Lipinski definition) is 4. The Morgan fingerprint density at radius 2 is 1.84 bits per heavy atom. The van der Waals surface area contributed by atoms with Crippen molar-refractivity contribution in [3.05, 3.63) is 59.7 Å². The van der Waals surface area contributed by atoms with E-state index in [0.29, 0.717) is 16.9 Å². The van der Waals surface area contributed by atoms with Gasteiger partial charge in [-0.3, -0.25) is 9.59 Å². The number of carbonyl (C=O) groups excluding carboxylic acids is 1. The van der Waals surface area contributed by atoms with E-state index in [1.165, 1.54) is 0 Å². The molecule has 0 saturated carbocycles. The molecular weight excluding hydrogens is 320 g/mol. The highest BCUT2D eigenvalue weighted by Gasteiger charge is 2.11. The van der Waals surface area contributed by atoms with E-state index in [1.807, 2.05) is 6.92 Å². The van der Waals surface area contributed by atoms with Gasteiger partial charge in [0.15, 0.2) is 5.96 Å². The van der Waals surface area contributed by atoms with Crippen molar-refractivity contribution in [3.8, 4) is 0 Å². The number of aliphatic carboxylic acids is 1. The number of carboxylic acid groups (broad SMARTS) is 1. The van der Waals surface area contributed by atoms with Crippen LogP contribution in [0.15, 0.2) is 53.5 Å². The number of benzene rings is 2. The van der Waals surface area contributed by atoms with Crippen LogP contribution in [0.1, 0.15) is 35.2 Å². The average molecular weight is 340 g/mol. The normalized spacial score (nSPS) is 11.4. The Morgan fingerprint density at radius 1 is 1.16 bits per heavy atom. The van der Waals surface area contributed by atoms with E-state index in [1.54, 1.807) is 48.5 Å². The van der Waals surface area contributed by atoms with Crippen LogP contribution >= 0.6 is 0 Å². The number of hydrogen-bond acceptors (Lipinski definition) is 3. The second-order valence-corrected chi connectivity index (χ2v) is 5.66. The first kappa shape index (κ1) is 18.0. The minimum atomic E-state index is -0.842. The van der Waals surface area contributed by atoms with Crippen molar-refractivity contribution in [2.24, 2.45) is 16.5 Å². The third-order valence-corrected chi connectivity index (χ3v) is 3.58. The van der Waals surface area contributed by atoms with Gasteiger partial charge < -0.3 is 21.9 Å². The van der Waals surface area contributed by atoms with Gasteiger partial charge in [0.25, 0.3) is 5.91 Å². The highest BCUT2D eigenvalue weighted by molar-refractivity contribution is 6.04. The number of nitrogens with one attached hydrogen (secondary N) is 1. The number of carbonyl (C=O) groups is 2. The molecule has 2 rings (SSSR count). The molecule has 1 amide bonds. The lowest BCUT2D eigenvalue weighted by Gasteiger charge is -2.11. The molecule has 0 bridgehead atoms. The summed E-state index contributed by atoms with van der Waals surface area (Å²) in [7, 11) is 0. The molecule has 1 atom stereocenters. The van der Waals surface area contributed by atoms with E-state index >= 15 is 0 Å². The van der Waals surface area contributed by atoms with Crippen LogP contribution in [0.25, 0.3) is 0 Å². The lowest BCUT2D eigenvalue weighted by Crippen LogP contribution is -2.21. The van der Waals surface area contributed by atoms with Crippen molar-refractivity contribution >= 4 is 29.2 Å². The van der Waals surface area contributed by atoms with Gasteiger partial charge in [-0.25, -0.2) is 4.99 Å². The zero-order valence-electron chi connectivity index (χ0n) is 13.8. The van der Waals surface area contributed by atoms with Gasteiger partial charge in [-0.15, -0.1) is 0 Å². The lowest BCUT2D eigenvalue weighted by atomic mass is 9.98. The van der Waals surface area contributed by atoms with Crippen LogP contribution in [0.4, 0.5) is 11.4 Å². The molecule has 0 aliphatic heterocycles. The molecule has 0 aromatic heterocycles. The molecule has 0 radical (unpaired) electrons. The Morgan fingerprint density at radius 3 is 2.44 bits per heavy atom. The molecule has 1 unspecified atom stereocenters. The summed E-state index contributed by atoms with van der Waals surface area (Å²) in [6.45, 7) is 1.84. The van der Waals surface area contributed by atoms with Gasteiger partial charge >= 0.3 is 5.97 Å². The summed E-state index contributed by atoms with van der Waals surface area (Å²) in [6, 6.07) is 13.7. The van der Waals surface area contributed by atoms with Crippen molar-refractivity contribution in [2.75, 3.05) is 5.32 Å². The van der Waals surface area contributed by atoms with Gasteiger partial charge in [0.05, 0.1) is 12.1 Å². The fourth-order valence-electron chi connectivity index (χ4n) is 2.34. The highest BCUT2D eigenvalue weighted by atomic mass is 16.4. The summed E-state index contributed by atoms with van der Waals surface area (Å²) in [5, 5.41) is 11.6. The SMILES string of the molecule is CC(CC(=O)O)c1ccc(NC(=O)c2cccc(N=C(N)N)c2)cc1. The van der Waals surface area contributed by atoms with Gasteiger partial charge in [-0.05, 0) is 41.8 Å². The first-order valence-electron chi connectivity index (χ1n) is 7.68. The first-order chi connectivity index (χ1) is 11.8. The Bertz CT molecular complexity index is 796. The zero-order valence-corrected chi connectivity index (χ0v) is 13.8. The number of anilines is 1. The summed E-state index contributed by atoms with van der Waals surface area (Å²) in [5.74, 6) is -1.31. The molecule has 0 heterocycles. The van der Waals surface area contributed by atoms with Gasteiger partial charge in [-0.2, -0.15) is 0 Å². The topological polar surface area (TPSA) is 131 Å². The van der Waals surface area contributed by atoms with E-state index < -0.39 is 5.97 Å². The fraction of sp³-hybridized carbons (Fsp3) is 0.167. The summed E-state index contributed by atoms with van der Waals surface area (Å²) in [6.07, 6.45) is 0.0588. The Hall–Kier alpha value is -3.35. The smallest absolute Gasteiger partial charge is 0.303 e. The molecule has 2 aromatic rings. The van der Waals surface area contributed by atoms with Crippen LogP contribution in [0.3, 0.4) is 0 Å². The van der Waals surface area contributed by atoms with Crippen LogP contribution in [0.2, 0.25) is 0 Å². The van der Waals surface area contributed by atoms with E-state index in [4.69, 9.17) is 16.6 Å². The molecule has 0 fully saturated rings. The summed E-state index contributed by atoms with van der Waals surface area (Å²) in [4.78, 5) is 27.0. The second kappa shape index (κ2) is 7.96. The van der Waals surface area contributed by atoms with Crippen LogP contribution in [-0.4, -0.2) is 22.9 Å². The standard InChI is InChI=1S/C18H20N4O3/c1-11(9-16(23)24)12-5-7-14(8-6-12)21-17(25)13-3-2-4-15(10-13)22-18(19)20/h2-8,10-11H,9H2,1H3,(H,21,25)(H,23,24)(H4,19,20,22). The Labute approximate surface area is 145 Å². The number of carboxylic acids is 1. The number of rotatable bonds is 6. The van der Waals surface area contributed by atoms with Crippen molar-refractivity contribution in [1.82, 2.24) is 0 Å². The van der Waals surface area contributed by atoms with Crippen molar-refractivity contribution < 1.29 is 14.7 Å². The molecule has 0 spiro atoms. The van der Waals surface area contributed by atoms with Crippen LogP contribution < -0.4 is 16.8 Å². The van der Waals surface area contributed by atoms with Crippen LogP contribution in [-0.2, 0) is 4.79 Å². The number of amides is 1. The summed E-state index contributed by atoms with van der Waals surface area (Å²) in [5.41, 5.74) is 13.1. The largest absolute Gasteiger partial charge is 0.481 e. The molecule has 0 aliphatic rings. The molecular formula is C18H20N4O3. The first-order valence-corrected chi connectivity index (χ1v) is 7.68. The molecule has 0 aliphatic carbocycles. The highest BCUT2D eigenvalue weighted by Crippen LogP contribution is 2.21. The average Bonchev–Trinajstić information content (AvgIpc) is 2.54. The maximum absolute atomic E-state index is 12.3. The van der Waals surface area contributed by atoms with Crippen molar-refractivity contribution in [3.63, 3.8) is 0 Å². The molecule has 6 N–H and O–H groups in total. The minimum absolute atomic E-state index is 0.0588. The molecule has 0 saturated heterocycles. The third kappa shape index (κ3) is 5.35. The van der Waals surface area contributed by atoms with E-state index in [9.17, 15) is 9.59 Å². The molecule has 2 aromatic carbocycles. The molecule has 25 heavy (non-hydrogen) atoms. The lowest BCUT2D eigenvalue weighted by molar-refractivity contribution is -0.137. The Balaban J connectivity index is 2.08. The van der Waals surface area contributed by atoms with Gasteiger partial charge in [0.1, 0.15) is 0 Å². The maximum atomic E-state index is 12.3. The Kier molecular flexibility index (Phi) is 5.73. The number of nitrogens with zero attached hydrogens (tertiary/aromatic N) is 1. The van der Waals surface area contributed by atoms with Gasteiger partial charge in [-0.1, -0.05) is 25.1 Å². The minimum Gasteiger partial charge on any atom is -0.481 e. The van der Waals surface area contributed by atoms with Gasteiger partial charge in [0, 0.05) is 11.3 Å². The van der Waals surface area contributed by atoms with E-state index in [2.05, 4.69) is 10.3 Å². The van der Waals surface area contributed by atoms with Crippen LogP contribution in [0.5, 0.6) is 0 Å². The predicted octanol–water partition coefficient (Wildman–Crippen LogP) is 2.42. The molecule has 7 heteroatoms. The maximum Gasteiger partial charge on any atom is 0.303 e. The third-order valence-electron chi connectivity index (χ3n) is 3.58. The summed E-state index contributed by atoms with van der Waals surface area (Å²) >= 11 is 0.